The summed E-state index contributed by atoms with van der Waals surface area (Å²) in [6.07, 6.45) is 0. The second-order valence-corrected chi connectivity index (χ2v) is 15.5. The first kappa shape index (κ1) is 32.7. The van der Waals surface area contributed by atoms with Gasteiger partial charge in [-0.1, -0.05) is 121 Å². The van der Waals surface area contributed by atoms with Crippen LogP contribution in [0.2, 0.25) is 0 Å². The maximum atomic E-state index is 5.21. The molecule has 0 atom stereocenters. The van der Waals surface area contributed by atoms with Crippen molar-refractivity contribution in [2.75, 3.05) is 0 Å². The van der Waals surface area contributed by atoms with Crippen LogP contribution >= 0.6 is 0 Å². The van der Waals surface area contributed by atoms with Crippen LogP contribution in [0.15, 0.2) is 182 Å². The van der Waals surface area contributed by atoms with E-state index in [0.29, 0.717) is 0 Å². The van der Waals surface area contributed by atoms with Gasteiger partial charge < -0.3 is 9.13 Å². The highest BCUT2D eigenvalue weighted by molar-refractivity contribution is 6.19. The Bertz CT molecular complexity index is 3310. The fourth-order valence-corrected chi connectivity index (χ4v) is 9.54. The van der Waals surface area contributed by atoms with Crippen LogP contribution < -0.4 is 0 Å². The van der Waals surface area contributed by atoms with Crippen molar-refractivity contribution in [3.8, 4) is 33.6 Å². The normalized spacial score (nSPS) is 12.0. The molecule has 0 saturated heterocycles. The number of para-hydroxylation sites is 4. The number of nitrogens with zero attached hydrogens (tertiary/aromatic N) is 4. The number of fused-ring (bicyclic) bond motifs is 11. The van der Waals surface area contributed by atoms with Crippen molar-refractivity contribution in [3.63, 3.8) is 0 Å². The molecule has 0 fully saturated rings. The molecule has 0 aliphatic rings. The molecule has 0 aliphatic carbocycles. The summed E-state index contributed by atoms with van der Waals surface area (Å²) >= 11 is 0. The largest absolute Gasteiger partial charge is 0.309 e. The van der Waals surface area contributed by atoms with Gasteiger partial charge in [-0.05, 0) is 96.8 Å². The predicted molar refractivity (Wildman–Crippen MR) is 244 cm³/mol. The van der Waals surface area contributed by atoms with Gasteiger partial charge in [-0.15, -0.1) is 0 Å². The molecular weight excluding hydrogens is 705 g/mol. The number of rotatable bonds is 4. The lowest BCUT2D eigenvalue weighted by Gasteiger charge is -2.15. The average molecular weight is 741 g/mol. The second-order valence-electron chi connectivity index (χ2n) is 15.5. The average Bonchev–Trinajstić information content (AvgIpc) is 3.79. The summed E-state index contributed by atoms with van der Waals surface area (Å²) in [6, 6.07) is 66.1. The maximum Gasteiger partial charge on any atom is 0.0790 e. The second kappa shape index (κ2) is 12.5. The molecule has 0 N–H and O–H groups in total. The Morgan fingerprint density at radius 1 is 0.310 bits per heavy atom. The van der Waals surface area contributed by atoms with Crippen molar-refractivity contribution < 1.29 is 0 Å². The summed E-state index contributed by atoms with van der Waals surface area (Å²) in [5, 5.41) is 9.51. The minimum Gasteiger partial charge on any atom is -0.309 e. The Morgan fingerprint density at radius 2 is 0.655 bits per heavy atom. The summed E-state index contributed by atoms with van der Waals surface area (Å²) in [5.41, 5.74) is 15.7. The van der Waals surface area contributed by atoms with E-state index in [0.717, 1.165) is 66.5 Å². The van der Waals surface area contributed by atoms with Crippen molar-refractivity contribution in [1.29, 1.82) is 0 Å². The monoisotopic (exact) mass is 740 g/mol. The van der Waals surface area contributed by atoms with Gasteiger partial charge in [-0.2, -0.15) is 0 Å². The number of hydrogen-bond donors (Lipinski definition) is 0. The molecule has 0 bridgehead atoms. The van der Waals surface area contributed by atoms with Crippen LogP contribution in [0.1, 0.15) is 11.4 Å². The molecule has 58 heavy (non-hydrogen) atoms. The number of aryl methyl sites for hydroxylation is 2. The van der Waals surface area contributed by atoms with Gasteiger partial charge in [-0.3, -0.25) is 9.97 Å². The molecule has 0 aliphatic heterocycles. The minimum absolute atomic E-state index is 0.983. The lowest BCUT2D eigenvalue weighted by Crippen LogP contribution is -1.96. The summed E-state index contributed by atoms with van der Waals surface area (Å²) < 4.78 is 4.77. The molecule has 272 valence electrons. The summed E-state index contributed by atoms with van der Waals surface area (Å²) in [6.45, 7) is 4.20. The van der Waals surface area contributed by atoms with Gasteiger partial charge in [0, 0.05) is 65.9 Å². The van der Waals surface area contributed by atoms with Gasteiger partial charge >= 0.3 is 0 Å². The maximum absolute atomic E-state index is 5.21. The Labute approximate surface area is 334 Å². The van der Waals surface area contributed by atoms with Crippen LogP contribution in [0.3, 0.4) is 0 Å². The van der Waals surface area contributed by atoms with Gasteiger partial charge in [0.05, 0.1) is 33.1 Å². The van der Waals surface area contributed by atoms with Crippen LogP contribution in [0.5, 0.6) is 0 Å². The van der Waals surface area contributed by atoms with Crippen molar-refractivity contribution >= 4 is 76.2 Å². The molecule has 0 amide bonds. The predicted octanol–water partition coefficient (Wildman–Crippen LogP) is 14.1. The molecule has 0 unspecified atom stereocenters. The lowest BCUT2D eigenvalue weighted by atomic mass is 9.93. The lowest BCUT2D eigenvalue weighted by molar-refractivity contribution is 1.18. The zero-order chi connectivity index (χ0) is 38.5. The van der Waals surface area contributed by atoms with Gasteiger partial charge in [0.25, 0.3) is 0 Å². The topological polar surface area (TPSA) is 35.6 Å². The number of benzene rings is 8. The van der Waals surface area contributed by atoms with E-state index < -0.39 is 0 Å². The SMILES string of the molecule is Cc1cc(-c2cccc(-n3c4ccccc4c4ccccc43)c2)c2ccc3c(ccc4c(-c5cccc(-n6c7ccccc7c7ccccc76)c5)cc(C)nc43)c2n1. The highest BCUT2D eigenvalue weighted by Crippen LogP contribution is 2.40. The van der Waals surface area contributed by atoms with Crippen molar-refractivity contribution in [2.24, 2.45) is 0 Å². The zero-order valence-corrected chi connectivity index (χ0v) is 32.1. The molecule has 12 aromatic rings. The van der Waals surface area contributed by atoms with Gasteiger partial charge in [0.2, 0.25) is 0 Å². The smallest absolute Gasteiger partial charge is 0.0790 e. The van der Waals surface area contributed by atoms with Crippen LogP contribution in [0, 0.1) is 13.8 Å². The van der Waals surface area contributed by atoms with Crippen molar-refractivity contribution in [3.05, 3.63) is 193 Å². The third kappa shape index (κ3) is 4.82. The van der Waals surface area contributed by atoms with Crippen LogP contribution in [-0.4, -0.2) is 19.1 Å². The molecule has 12 rings (SSSR count). The quantitative estimate of drug-likeness (QED) is 0.168. The zero-order valence-electron chi connectivity index (χ0n) is 32.1. The van der Waals surface area contributed by atoms with Crippen molar-refractivity contribution in [2.45, 2.75) is 13.8 Å². The molecule has 8 aromatic carbocycles. The van der Waals surface area contributed by atoms with Crippen LogP contribution in [0.25, 0.3) is 110 Å². The van der Waals surface area contributed by atoms with Gasteiger partial charge in [-0.25, -0.2) is 0 Å². The summed E-state index contributed by atoms with van der Waals surface area (Å²) in [4.78, 5) is 10.4. The standard InChI is InChI=1S/C54H36N4/c1-33-29-47(35-13-11-15-37(31-35)57-49-21-7-3-17-39(49)40-18-4-8-22-50(40)57)45-27-26-44-43(53(45)55-33)25-28-46-48(30-34(2)56-54(44)46)36-14-12-16-38(32-36)58-51-23-9-5-19-41(51)42-20-6-10-24-52(42)58/h3-32H,1-2H3. The molecule has 4 aromatic heterocycles. The summed E-state index contributed by atoms with van der Waals surface area (Å²) in [7, 11) is 0. The van der Waals surface area contributed by atoms with E-state index >= 15 is 0 Å². The van der Waals surface area contributed by atoms with Crippen LogP contribution in [0.4, 0.5) is 0 Å². The van der Waals surface area contributed by atoms with E-state index in [1.807, 2.05) is 0 Å². The van der Waals surface area contributed by atoms with Crippen molar-refractivity contribution in [1.82, 2.24) is 19.1 Å². The van der Waals surface area contributed by atoms with E-state index in [1.165, 1.54) is 54.7 Å². The van der Waals surface area contributed by atoms with Gasteiger partial charge in [0.1, 0.15) is 0 Å². The first-order valence-electron chi connectivity index (χ1n) is 19.9. The molecule has 0 spiro atoms. The first-order valence-corrected chi connectivity index (χ1v) is 19.9. The number of pyridine rings is 2. The van der Waals surface area contributed by atoms with Crippen LogP contribution in [-0.2, 0) is 0 Å². The molecule has 0 radical (unpaired) electrons. The highest BCUT2D eigenvalue weighted by Gasteiger charge is 2.18. The molecule has 4 heterocycles. The Balaban J connectivity index is 1.02. The third-order valence-electron chi connectivity index (χ3n) is 12.0. The molecule has 4 nitrogen and oxygen atoms in total. The number of hydrogen-bond acceptors (Lipinski definition) is 2. The Morgan fingerprint density at radius 3 is 1.03 bits per heavy atom. The highest BCUT2D eigenvalue weighted by atomic mass is 15.0. The fraction of sp³-hybridized carbons (Fsp3) is 0.0370. The first-order chi connectivity index (χ1) is 28.6. The third-order valence-corrected chi connectivity index (χ3v) is 12.0. The molecular formula is C54H36N4. The van der Waals surface area contributed by atoms with E-state index in [1.54, 1.807) is 0 Å². The molecule has 4 heteroatoms. The molecule has 0 saturated carbocycles. The van der Waals surface area contributed by atoms with Gasteiger partial charge in [0.15, 0.2) is 0 Å². The fourth-order valence-electron chi connectivity index (χ4n) is 9.54. The minimum atomic E-state index is 0.983. The Hall–Kier alpha value is -7.56. The summed E-state index contributed by atoms with van der Waals surface area (Å²) in [5.74, 6) is 0. The van der Waals surface area contributed by atoms with E-state index in [2.05, 4.69) is 205 Å². The van der Waals surface area contributed by atoms with E-state index in [9.17, 15) is 0 Å². The number of aromatic nitrogens is 4. The van der Waals surface area contributed by atoms with E-state index in [4.69, 9.17) is 9.97 Å². The Kier molecular flexibility index (Phi) is 7.02. The van der Waals surface area contributed by atoms with E-state index in [-0.39, 0.29) is 0 Å².